The highest BCUT2D eigenvalue weighted by atomic mass is 16.5. The summed E-state index contributed by atoms with van der Waals surface area (Å²) < 4.78 is 15.8. The zero-order valence-corrected chi connectivity index (χ0v) is 9.61. The first-order valence-corrected chi connectivity index (χ1v) is 5.74. The van der Waals surface area contributed by atoms with E-state index in [1.807, 2.05) is 0 Å². The van der Waals surface area contributed by atoms with Crippen molar-refractivity contribution < 1.29 is 14.2 Å². The summed E-state index contributed by atoms with van der Waals surface area (Å²) in [7, 11) is 1.71. The summed E-state index contributed by atoms with van der Waals surface area (Å²) >= 11 is 0. The monoisotopic (exact) mass is 217 g/mol. The van der Waals surface area contributed by atoms with Gasteiger partial charge >= 0.3 is 0 Å². The average Bonchev–Trinajstić information content (AvgIpc) is 2.25. The maximum absolute atomic E-state index is 5.99. The van der Waals surface area contributed by atoms with Crippen LogP contribution in [0, 0.1) is 5.92 Å². The summed E-state index contributed by atoms with van der Waals surface area (Å²) in [6.07, 6.45) is 2.95. The Morgan fingerprint density at radius 2 is 2.20 bits per heavy atom. The molecule has 90 valence electrons. The normalized spacial score (nSPS) is 26.8. The molecular formula is C11H23NO3. The highest BCUT2D eigenvalue weighted by molar-refractivity contribution is 4.75. The third-order valence-corrected chi connectivity index (χ3v) is 2.80. The minimum Gasteiger partial charge on any atom is -0.385 e. The maximum atomic E-state index is 5.99. The average molecular weight is 217 g/mol. The van der Waals surface area contributed by atoms with Gasteiger partial charge in [0.25, 0.3) is 0 Å². The van der Waals surface area contributed by atoms with Crippen molar-refractivity contribution in [3.05, 3.63) is 0 Å². The minimum atomic E-state index is 0.293. The van der Waals surface area contributed by atoms with Gasteiger partial charge in [-0.1, -0.05) is 0 Å². The van der Waals surface area contributed by atoms with Gasteiger partial charge in [0.05, 0.1) is 6.61 Å². The van der Waals surface area contributed by atoms with Gasteiger partial charge in [-0.05, 0) is 25.2 Å². The lowest BCUT2D eigenvalue weighted by Crippen LogP contribution is -2.39. The van der Waals surface area contributed by atoms with Crippen molar-refractivity contribution >= 4 is 0 Å². The van der Waals surface area contributed by atoms with E-state index in [1.54, 1.807) is 7.11 Å². The number of hydrogen-bond acceptors (Lipinski definition) is 4. The molecule has 0 aromatic heterocycles. The minimum absolute atomic E-state index is 0.293. The Hall–Kier alpha value is -0.160. The van der Waals surface area contributed by atoms with Gasteiger partial charge in [0, 0.05) is 39.6 Å². The van der Waals surface area contributed by atoms with Crippen LogP contribution in [0.1, 0.15) is 19.3 Å². The van der Waals surface area contributed by atoms with Crippen molar-refractivity contribution in [2.24, 2.45) is 11.7 Å². The molecule has 2 N–H and O–H groups in total. The summed E-state index contributed by atoms with van der Waals surface area (Å²) in [5.41, 5.74) is 5.99. The molecule has 1 saturated heterocycles. The third-order valence-electron chi connectivity index (χ3n) is 2.80. The summed E-state index contributed by atoms with van der Waals surface area (Å²) in [6, 6.07) is 0.293. The largest absolute Gasteiger partial charge is 0.385 e. The molecule has 4 heteroatoms. The Morgan fingerprint density at radius 3 is 2.93 bits per heavy atom. The fraction of sp³-hybridized carbons (Fsp3) is 1.00. The van der Waals surface area contributed by atoms with E-state index in [2.05, 4.69) is 0 Å². The molecule has 0 aromatic carbocycles. The van der Waals surface area contributed by atoms with Gasteiger partial charge in [-0.15, -0.1) is 0 Å². The van der Waals surface area contributed by atoms with Gasteiger partial charge in [0.15, 0.2) is 0 Å². The van der Waals surface area contributed by atoms with Crippen LogP contribution in [0.5, 0.6) is 0 Å². The molecule has 0 saturated carbocycles. The fourth-order valence-electron chi connectivity index (χ4n) is 1.75. The first-order valence-electron chi connectivity index (χ1n) is 5.74. The predicted octanol–water partition coefficient (Wildman–Crippen LogP) is 0.793. The molecule has 1 rings (SSSR count). The Balaban J connectivity index is 1.94. The number of nitrogens with two attached hydrogens (primary N) is 1. The summed E-state index contributed by atoms with van der Waals surface area (Å²) in [4.78, 5) is 0. The van der Waals surface area contributed by atoms with Crippen molar-refractivity contribution in [3.8, 4) is 0 Å². The van der Waals surface area contributed by atoms with E-state index < -0.39 is 0 Å². The van der Waals surface area contributed by atoms with Crippen molar-refractivity contribution in [2.75, 3.05) is 40.1 Å². The smallest absolute Gasteiger partial charge is 0.0509 e. The quantitative estimate of drug-likeness (QED) is 0.641. The molecular weight excluding hydrogens is 194 g/mol. The van der Waals surface area contributed by atoms with E-state index in [9.17, 15) is 0 Å². The van der Waals surface area contributed by atoms with Crippen LogP contribution >= 0.6 is 0 Å². The van der Waals surface area contributed by atoms with Crippen LogP contribution in [-0.2, 0) is 14.2 Å². The summed E-state index contributed by atoms with van der Waals surface area (Å²) in [5, 5.41) is 0. The van der Waals surface area contributed by atoms with Crippen LogP contribution in [0.4, 0.5) is 0 Å². The van der Waals surface area contributed by atoms with E-state index in [0.717, 1.165) is 52.3 Å². The molecule has 1 aliphatic heterocycles. The SMILES string of the molecule is COCCCOCCC1COCCC1N. The van der Waals surface area contributed by atoms with Crippen molar-refractivity contribution in [1.82, 2.24) is 0 Å². The standard InChI is InChI=1S/C11H23NO3/c1-13-5-2-6-14-7-3-10-9-15-8-4-11(10)12/h10-11H,2-9,12H2,1H3. The molecule has 1 fully saturated rings. The number of ether oxygens (including phenoxy) is 3. The Bertz CT molecular complexity index is 155. The second kappa shape index (κ2) is 8.05. The third kappa shape index (κ3) is 5.47. The van der Waals surface area contributed by atoms with Gasteiger partial charge in [0.1, 0.15) is 0 Å². The van der Waals surface area contributed by atoms with E-state index in [0.29, 0.717) is 12.0 Å². The number of methoxy groups -OCH3 is 1. The van der Waals surface area contributed by atoms with Crippen molar-refractivity contribution in [2.45, 2.75) is 25.3 Å². The molecule has 1 aliphatic rings. The second-order valence-corrected chi connectivity index (χ2v) is 4.03. The van der Waals surface area contributed by atoms with E-state index in [-0.39, 0.29) is 0 Å². The Morgan fingerprint density at radius 1 is 1.33 bits per heavy atom. The lowest BCUT2D eigenvalue weighted by atomic mass is 9.94. The van der Waals surface area contributed by atoms with E-state index in [4.69, 9.17) is 19.9 Å². The Kier molecular flexibility index (Phi) is 6.92. The van der Waals surface area contributed by atoms with Crippen LogP contribution in [-0.4, -0.2) is 46.2 Å². The van der Waals surface area contributed by atoms with Crippen LogP contribution in [0.25, 0.3) is 0 Å². The van der Waals surface area contributed by atoms with Crippen LogP contribution in [0.15, 0.2) is 0 Å². The molecule has 0 amide bonds. The first kappa shape index (κ1) is 12.9. The van der Waals surface area contributed by atoms with Crippen LogP contribution < -0.4 is 5.73 Å². The predicted molar refractivity (Wildman–Crippen MR) is 58.8 cm³/mol. The Labute approximate surface area is 92.1 Å². The van der Waals surface area contributed by atoms with Gasteiger partial charge in [-0.3, -0.25) is 0 Å². The molecule has 0 aliphatic carbocycles. The number of hydrogen-bond donors (Lipinski definition) is 1. The topological polar surface area (TPSA) is 53.7 Å². The van der Waals surface area contributed by atoms with E-state index in [1.165, 1.54) is 0 Å². The van der Waals surface area contributed by atoms with Gasteiger partial charge in [-0.2, -0.15) is 0 Å². The van der Waals surface area contributed by atoms with Gasteiger partial charge < -0.3 is 19.9 Å². The molecule has 4 nitrogen and oxygen atoms in total. The highest BCUT2D eigenvalue weighted by Gasteiger charge is 2.21. The summed E-state index contributed by atoms with van der Waals surface area (Å²) in [5.74, 6) is 0.473. The fourth-order valence-corrected chi connectivity index (χ4v) is 1.75. The van der Waals surface area contributed by atoms with Crippen LogP contribution in [0.2, 0.25) is 0 Å². The molecule has 1 heterocycles. The maximum Gasteiger partial charge on any atom is 0.0509 e. The molecule has 0 aromatic rings. The van der Waals surface area contributed by atoms with Crippen molar-refractivity contribution in [1.29, 1.82) is 0 Å². The van der Waals surface area contributed by atoms with Crippen molar-refractivity contribution in [3.63, 3.8) is 0 Å². The van der Waals surface area contributed by atoms with Gasteiger partial charge in [-0.25, -0.2) is 0 Å². The lowest BCUT2D eigenvalue weighted by Gasteiger charge is -2.28. The molecule has 0 bridgehead atoms. The summed E-state index contributed by atoms with van der Waals surface area (Å²) in [6.45, 7) is 3.93. The molecule has 0 spiro atoms. The molecule has 2 unspecified atom stereocenters. The molecule has 0 radical (unpaired) electrons. The highest BCUT2D eigenvalue weighted by Crippen LogP contribution is 2.16. The first-order chi connectivity index (χ1) is 7.34. The zero-order valence-electron chi connectivity index (χ0n) is 9.61. The second-order valence-electron chi connectivity index (χ2n) is 4.03. The molecule has 15 heavy (non-hydrogen) atoms. The van der Waals surface area contributed by atoms with E-state index >= 15 is 0 Å². The number of rotatable bonds is 7. The van der Waals surface area contributed by atoms with Crippen LogP contribution in [0.3, 0.4) is 0 Å². The molecule has 2 atom stereocenters. The van der Waals surface area contributed by atoms with Gasteiger partial charge in [0.2, 0.25) is 0 Å². The zero-order chi connectivity index (χ0) is 10.9. The lowest BCUT2D eigenvalue weighted by molar-refractivity contribution is 0.0207.